The number of nitrogens with one attached hydrogen (secondary N) is 1. The van der Waals surface area contributed by atoms with E-state index in [9.17, 15) is 4.79 Å². The van der Waals surface area contributed by atoms with Gasteiger partial charge in [-0.15, -0.1) is 0 Å². The van der Waals surface area contributed by atoms with Gasteiger partial charge in [-0.1, -0.05) is 0 Å². The molecule has 2 heterocycles. The standard InChI is InChI=1S/C7H6N2O/c10-7-4-9-2-5-1-8-3-6(5)7/h1-3,9H,4H2. The van der Waals surface area contributed by atoms with Crippen LogP contribution in [0.5, 0.6) is 0 Å². The lowest BCUT2D eigenvalue weighted by Crippen LogP contribution is -2.25. The summed E-state index contributed by atoms with van der Waals surface area (Å²) in [7, 11) is 0. The Bertz CT molecular complexity index is 273. The minimum atomic E-state index is 0.120. The van der Waals surface area contributed by atoms with E-state index in [0.717, 1.165) is 11.1 Å². The first-order valence-corrected chi connectivity index (χ1v) is 3.08. The van der Waals surface area contributed by atoms with Crippen LogP contribution < -0.4 is 5.32 Å². The highest BCUT2D eigenvalue weighted by Gasteiger charge is 2.18. The summed E-state index contributed by atoms with van der Waals surface area (Å²) < 4.78 is 0. The van der Waals surface area contributed by atoms with E-state index in [1.807, 2.05) is 6.20 Å². The SMILES string of the molecule is O=C1CNC=C2C=NC=C12. The van der Waals surface area contributed by atoms with Gasteiger partial charge in [-0.05, 0) is 0 Å². The molecule has 0 aromatic heterocycles. The summed E-state index contributed by atoms with van der Waals surface area (Å²) in [5.41, 5.74) is 1.63. The summed E-state index contributed by atoms with van der Waals surface area (Å²) in [6, 6.07) is 0. The average molecular weight is 134 g/mol. The van der Waals surface area contributed by atoms with Crippen molar-refractivity contribution < 1.29 is 4.79 Å². The van der Waals surface area contributed by atoms with Crippen molar-refractivity contribution in [2.45, 2.75) is 0 Å². The second-order valence-electron chi connectivity index (χ2n) is 2.22. The van der Waals surface area contributed by atoms with Crippen molar-refractivity contribution in [2.75, 3.05) is 6.54 Å². The first-order chi connectivity index (χ1) is 4.88. The van der Waals surface area contributed by atoms with Crippen LogP contribution in [0.15, 0.2) is 28.5 Å². The fourth-order valence-corrected chi connectivity index (χ4v) is 1.03. The molecule has 2 rings (SSSR count). The fourth-order valence-electron chi connectivity index (χ4n) is 1.03. The van der Waals surface area contributed by atoms with Crippen LogP contribution in [0.25, 0.3) is 0 Å². The molecule has 0 aromatic carbocycles. The Morgan fingerprint density at radius 3 is 3.30 bits per heavy atom. The topological polar surface area (TPSA) is 41.5 Å². The number of hydrogen-bond donors (Lipinski definition) is 1. The highest BCUT2D eigenvalue weighted by Crippen LogP contribution is 2.16. The van der Waals surface area contributed by atoms with E-state index in [1.165, 1.54) is 0 Å². The fraction of sp³-hybridized carbons (Fsp3) is 0.143. The third-order valence-electron chi connectivity index (χ3n) is 1.55. The highest BCUT2D eigenvalue weighted by atomic mass is 16.1. The predicted molar refractivity (Wildman–Crippen MR) is 37.7 cm³/mol. The molecule has 0 amide bonds. The Kier molecular flexibility index (Phi) is 0.974. The summed E-state index contributed by atoms with van der Waals surface area (Å²) in [6.07, 6.45) is 5.10. The van der Waals surface area contributed by atoms with Crippen LogP contribution in [-0.4, -0.2) is 18.5 Å². The largest absolute Gasteiger partial charge is 0.383 e. The zero-order valence-electron chi connectivity index (χ0n) is 5.29. The first-order valence-electron chi connectivity index (χ1n) is 3.08. The number of carbonyl (C=O) groups excluding carboxylic acids is 1. The van der Waals surface area contributed by atoms with Gasteiger partial charge in [0.05, 0.1) is 6.54 Å². The van der Waals surface area contributed by atoms with E-state index < -0.39 is 0 Å². The minimum Gasteiger partial charge on any atom is -0.383 e. The molecular formula is C7H6N2O. The van der Waals surface area contributed by atoms with Crippen LogP contribution in [0.1, 0.15) is 0 Å². The molecule has 0 bridgehead atoms. The lowest BCUT2D eigenvalue weighted by molar-refractivity contribution is -0.114. The van der Waals surface area contributed by atoms with Crippen molar-refractivity contribution in [3.8, 4) is 0 Å². The molecule has 0 saturated heterocycles. The molecule has 50 valence electrons. The Hall–Kier alpha value is -1.38. The van der Waals surface area contributed by atoms with Gasteiger partial charge in [0.15, 0.2) is 5.78 Å². The summed E-state index contributed by atoms with van der Waals surface area (Å²) in [6.45, 7) is 0.401. The molecule has 3 heteroatoms. The number of hydrogen-bond acceptors (Lipinski definition) is 3. The second kappa shape index (κ2) is 1.80. The van der Waals surface area contributed by atoms with Gasteiger partial charge in [-0.3, -0.25) is 9.79 Å². The number of fused-ring (bicyclic) bond motifs is 1. The molecule has 2 aliphatic rings. The molecule has 0 fully saturated rings. The number of nitrogens with zero attached hydrogens (tertiary/aromatic N) is 1. The van der Waals surface area contributed by atoms with Crippen LogP contribution >= 0.6 is 0 Å². The number of carbonyl (C=O) groups is 1. The molecule has 3 nitrogen and oxygen atoms in total. The maximum absolute atomic E-state index is 11.0. The Morgan fingerprint density at radius 2 is 2.50 bits per heavy atom. The van der Waals surface area contributed by atoms with Gasteiger partial charge in [0.1, 0.15) is 0 Å². The number of ketones is 1. The molecular weight excluding hydrogens is 128 g/mol. The maximum Gasteiger partial charge on any atom is 0.184 e. The molecule has 0 aromatic rings. The van der Waals surface area contributed by atoms with E-state index in [1.54, 1.807) is 12.4 Å². The van der Waals surface area contributed by atoms with Crippen molar-refractivity contribution >= 4 is 12.0 Å². The van der Waals surface area contributed by atoms with E-state index >= 15 is 0 Å². The minimum absolute atomic E-state index is 0.120. The molecule has 2 aliphatic heterocycles. The van der Waals surface area contributed by atoms with Crippen molar-refractivity contribution in [3.05, 3.63) is 23.5 Å². The number of aliphatic imine (C=N–C) groups is 1. The smallest absolute Gasteiger partial charge is 0.184 e. The Labute approximate surface area is 58.1 Å². The van der Waals surface area contributed by atoms with Gasteiger partial charge in [0.25, 0.3) is 0 Å². The number of rotatable bonds is 0. The quantitative estimate of drug-likeness (QED) is 0.507. The normalized spacial score (nSPS) is 21.4. The number of allylic oxidation sites excluding steroid dienone is 1. The van der Waals surface area contributed by atoms with Crippen LogP contribution in [0, 0.1) is 0 Å². The van der Waals surface area contributed by atoms with E-state index in [2.05, 4.69) is 10.3 Å². The molecule has 0 unspecified atom stereocenters. The third kappa shape index (κ3) is 0.603. The van der Waals surface area contributed by atoms with Crippen LogP contribution in [0.2, 0.25) is 0 Å². The average Bonchev–Trinajstić information content (AvgIpc) is 2.36. The van der Waals surface area contributed by atoms with Crippen LogP contribution in [-0.2, 0) is 4.79 Å². The maximum atomic E-state index is 11.0. The van der Waals surface area contributed by atoms with Crippen molar-refractivity contribution in [3.63, 3.8) is 0 Å². The molecule has 0 spiro atoms. The van der Waals surface area contributed by atoms with Crippen LogP contribution in [0.4, 0.5) is 0 Å². The molecule has 1 N–H and O–H groups in total. The predicted octanol–water partition coefficient (Wildman–Crippen LogP) is 0.0109. The Balaban J connectivity index is 2.46. The van der Waals surface area contributed by atoms with Gasteiger partial charge < -0.3 is 5.32 Å². The zero-order chi connectivity index (χ0) is 6.97. The first kappa shape index (κ1) is 5.41. The molecule has 10 heavy (non-hydrogen) atoms. The monoisotopic (exact) mass is 134 g/mol. The number of Topliss-reactive ketones (excluding diaryl/α,β-unsaturated/α-hetero) is 1. The van der Waals surface area contributed by atoms with Crippen LogP contribution in [0.3, 0.4) is 0 Å². The third-order valence-corrected chi connectivity index (χ3v) is 1.55. The summed E-state index contributed by atoms with van der Waals surface area (Å²) in [5, 5.41) is 2.86. The Morgan fingerprint density at radius 1 is 1.60 bits per heavy atom. The van der Waals surface area contributed by atoms with E-state index in [0.29, 0.717) is 6.54 Å². The van der Waals surface area contributed by atoms with E-state index in [4.69, 9.17) is 0 Å². The second-order valence-corrected chi connectivity index (χ2v) is 2.22. The van der Waals surface area contributed by atoms with Crippen molar-refractivity contribution in [1.29, 1.82) is 0 Å². The van der Waals surface area contributed by atoms with Gasteiger partial charge in [-0.25, -0.2) is 0 Å². The van der Waals surface area contributed by atoms with Gasteiger partial charge in [-0.2, -0.15) is 0 Å². The zero-order valence-corrected chi connectivity index (χ0v) is 5.29. The lowest BCUT2D eigenvalue weighted by Gasteiger charge is -2.09. The van der Waals surface area contributed by atoms with Gasteiger partial charge >= 0.3 is 0 Å². The lowest BCUT2D eigenvalue weighted by atomic mass is 10.0. The summed E-state index contributed by atoms with van der Waals surface area (Å²) in [5.74, 6) is 0.120. The summed E-state index contributed by atoms with van der Waals surface area (Å²) >= 11 is 0. The van der Waals surface area contributed by atoms with Crippen molar-refractivity contribution in [2.24, 2.45) is 4.99 Å². The molecule has 0 atom stereocenters. The van der Waals surface area contributed by atoms with Gasteiger partial charge in [0, 0.05) is 29.8 Å². The molecule has 0 saturated carbocycles. The molecule has 0 radical (unpaired) electrons. The molecule has 0 aliphatic carbocycles. The highest BCUT2D eigenvalue weighted by molar-refractivity contribution is 6.11. The van der Waals surface area contributed by atoms with Gasteiger partial charge in [0.2, 0.25) is 0 Å². The summed E-state index contributed by atoms with van der Waals surface area (Å²) in [4.78, 5) is 14.9. The van der Waals surface area contributed by atoms with E-state index in [-0.39, 0.29) is 5.78 Å². The van der Waals surface area contributed by atoms with Crippen molar-refractivity contribution in [1.82, 2.24) is 5.32 Å².